The number of hydrogen-bond donors (Lipinski definition) is 4. The van der Waals surface area contributed by atoms with Gasteiger partial charge in [0.1, 0.15) is 36.6 Å². The van der Waals surface area contributed by atoms with E-state index in [0.29, 0.717) is 50.0 Å². The van der Waals surface area contributed by atoms with E-state index in [1.165, 1.54) is 36.4 Å². The summed E-state index contributed by atoms with van der Waals surface area (Å²) in [5.41, 5.74) is 8.71. The van der Waals surface area contributed by atoms with Crippen molar-refractivity contribution in [1.82, 2.24) is 0 Å². The van der Waals surface area contributed by atoms with Crippen LogP contribution in [0.5, 0.6) is 0 Å². The molecule has 3 saturated heterocycles. The maximum Gasteiger partial charge on any atom is 0.301 e. The van der Waals surface area contributed by atoms with Crippen molar-refractivity contribution in [3.8, 4) is 0 Å². The molecule has 3 heterocycles. The minimum atomic E-state index is -3.57. The smallest absolute Gasteiger partial charge is 0.301 e. The van der Waals surface area contributed by atoms with Gasteiger partial charge in [-0.25, -0.2) is 0 Å². The minimum Gasteiger partial charge on any atom is -0.394 e. The van der Waals surface area contributed by atoms with E-state index in [1.807, 2.05) is 224 Å². The summed E-state index contributed by atoms with van der Waals surface area (Å²) < 4.78 is 140. The first-order valence-electron chi connectivity index (χ1n) is 35.8. The van der Waals surface area contributed by atoms with Crippen LogP contribution < -0.4 is 0 Å². The molecule has 552 valence electrons. The molecule has 0 aliphatic carbocycles. The monoisotopic (exact) mass is 1430 g/mol. The van der Waals surface area contributed by atoms with E-state index in [0.717, 1.165) is 44.5 Å². The summed E-state index contributed by atoms with van der Waals surface area (Å²) in [6, 6.07) is 75.2. The molecule has 11 nitrogen and oxygen atoms in total. The third kappa shape index (κ3) is 19.6. The SMILES string of the molecule is CC[C@H]1O[C@@H](C(F)(F)c2ccccc2Cc2ccc(C)cc2)[C@H](OCc2ccccc2)[C@@H](OCc2ccccc2)[C@@H]1C.CC[C@H]1O[C@@H](C(F)(F)c2ccccc2Cc2ccc(C)cc2)[C@H](OCc2ccccc2)[C@@H](OCc2ccccc2)[C@@H]1C.OC[C@H]1O[C@@H](C(F)(F)c2ccccc2)[C@H](O)[C@@H](O)[C@@H]1O. The van der Waals surface area contributed by atoms with Crippen molar-refractivity contribution >= 4 is 0 Å². The van der Waals surface area contributed by atoms with Crippen molar-refractivity contribution in [2.24, 2.45) is 11.8 Å². The number of aryl methyl sites for hydroxylation is 2. The zero-order valence-electron chi connectivity index (χ0n) is 59.6. The van der Waals surface area contributed by atoms with Crippen molar-refractivity contribution < 1.29 is 79.9 Å². The predicted octanol–water partition coefficient (Wildman–Crippen LogP) is 16.9. The third-order valence-electron chi connectivity index (χ3n) is 19.9. The summed E-state index contributed by atoms with van der Waals surface area (Å²) in [5, 5.41) is 37.8. The van der Waals surface area contributed by atoms with Crippen molar-refractivity contribution in [3.63, 3.8) is 0 Å². The Morgan fingerprint density at radius 3 is 0.981 bits per heavy atom. The van der Waals surface area contributed by atoms with Gasteiger partial charge in [-0.3, -0.25) is 0 Å². The molecule has 3 aliphatic heterocycles. The van der Waals surface area contributed by atoms with Crippen LogP contribution in [0.15, 0.2) is 249 Å². The van der Waals surface area contributed by atoms with Gasteiger partial charge in [-0.1, -0.05) is 288 Å². The molecule has 104 heavy (non-hydrogen) atoms. The van der Waals surface area contributed by atoms with Crippen LogP contribution in [-0.2, 0) is 90.2 Å². The Labute approximate surface area is 607 Å². The van der Waals surface area contributed by atoms with E-state index < -0.39 is 104 Å². The molecule has 9 aromatic carbocycles. The van der Waals surface area contributed by atoms with E-state index in [2.05, 4.69) is 0 Å². The molecular weight excluding hydrogens is 1330 g/mol. The van der Waals surface area contributed by atoms with E-state index in [1.54, 1.807) is 30.3 Å². The van der Waals surface area contributed by atoms with Crippen molar-refractivity contribution in [2.45, 2.75) is 191 Å². The lowest BCUT2D eigenvalue weighted by Crippen LogP contribution is -2.62. The lowest BCUT2D eigenvalue weighted by molar-refractivity contribution is -0.287. The Kier molecular flexibility index (Phi) is 27.9. The topological polar surface area (TPSA) is 146 Å². The Bertz CT molecular complexity index is 3780. The Balaban J connectivity index is 0.000000178. The molecule has 3 aliphatic rings. The quantitative estimate of drug-likeness (QED) is 0.0406. The van der Waals surface area contributed by atoms with E-state index >= 15 is 17.6 Å². The van der Waals surface area contributed by atoms with Gasteiger partial charge in [0.25, 0.3) is 0 Å². The Morgan fingerprint density at radius 2 is 0.644 bits per heavy atom. The fourth-order valence-electron chi connectivity index (χ4n) is 14.0. The van der Waals surface area contributed by atoms with Crippen LogP contribution in [0.2, 0.25) is 0 Å². The zero-order valence-corrected chi connectivity index (χ0v) is 59.6. The second kappa shape index (κ2) is 36.9. The average molecular weight is 1430 g/mol. The second-order valence-corrected chi connectivity index (χ2v) is 27.4. The fraction of sp³-hybridized carbons (Fsp3) is 0.379. The highest BCUT2D eigenvalue weighted by molar-refractivity contribution is 5.39. The summed E-state index contributed by atoms with van der Waals surface area (Å²) in [6.07, 6.45) is -13.9. The van der Waals surface area contributed by atoms with Crippen LogP contribution in [-0.4, -0.2) is 106 Å². The molecule has 17 heteroatoms. The van der Waals surface area contributed by atoms with Crippen LogP contribution in [0.25, 0.3) is 0 Å². The zero-order chi connectivity index (χ0) is 74.0. The lowest BCUT2D eigenvalue weighted by Gasteiger charge is -2.47. The number of aliphatic hydroxyl groups is 4. The van der Waals surface area contributed by atoms with E-state index in [9.17, 15) is 24.1 Å². The molecule has 4 N–H and O–H groups in total. The second-order valence-electron chi connectivity index (χ2n) is 27.4. The summed E-state index contributed by atoms with van der Waals surface area (Å²) in [5.74, 6) is -10.5. The van der Waals surface area contributed by atoms with Gasteiger partial charge < -0.3 is 53.6 Å². The molecule has 12 rings (SSSR count). The average Bonchev–Trinajstić information content (AvgIpc) is 0.748. The van der Waals surface area contributed by atoms with Gasteiger partial charge in [0.2, 0.25) is 0 Å². The predicted molar refractivity (Wildman–Crippen MR) is 389 cm³/mol. The van der Waals surface area contributed by atoms with Gasteiger partial charge in [0.15, 0.2) is 18.3 Å². The first-order valence-corrected chi connectivity index (χ1v) is 35.8. The lowest BCUT2D eigenvalue weighted by atomic mass is 9.82. The van der Waals surface area contributed by atoms with E-state index in [-0.39, 0.29) is 41.7 Å². The highest BCUT2D eigenvalue weighted by Crippen LogP contribution is 2.48. The highest BCUT2D eigenvalue weighted by Gasteiger charge is 2.59. The molecule has 0 saturated carbocycles. The highest BCUT2D eigenvalue weighted by atomic mass is 19.3. The molecule has 9 aromatic rings. The van der Waals surface area contributed by atoms with E-state index in [4.69, 9.17) is 38.3 Å². The molecule has 0 unspecified atom stereocenters. The number of hydrogen-bond acceptors (Lipinski definition) is 11. The summed E-state index contributed by atoms with van der Waals surface area (Å²) in [4.78, 5) is 0. The van der Waals surface area contributed by atoms with Gasteiger partial charge in [-0.15, -0.1) is 0 Å². The van der Waals surface area contributed by atoms with Gasteiger partial charge >= 0.3 is 17.8 Å². The number of halogens is 6. The Hall–Kier alpha value is -7.88. The number of aliphatic hydroxyl groups excluding tert-OH is 4. The van der Waals surface area contributed by atoms with Crippen molar-refractivity contribution in [1.29, 1.82) is 0 Å². The first-order chi connectivity index (χ1) is 50.1. The fourth-order valence-corrected chi connectivity index (χ4v) is 14.0. The Morgan fingerprint density at radius 1 is 0.337 bits per heavy atom. The number of rotatable bonds is 25. The van der Waals surface area contributed by atoms with Gasteiger partial charge in [0.05, 0.1) is 57.5 Å². The van der Waals surface area contributed by atoms with Crippen LogP contribution in [0.1, 0.15) is 113 Å². The standard InChI is InChI=1S/2C37H40F2O3.C13H16F2O5/c2*1-4-33-27(3)34(40-24-29-13-7-5-8-14-29)35(41-25-30-15-9-6-10-16-30)36(42-33)37(38,39)32-18-12-11-17-31(32)23-28-21-19-26(2)20-22-28;14-13(15,7-4-2-1-3-5-7)12-11(19)10(18)9(17)8(6-16)20-12/h2*5-22,27,33-36H,4,23-25H2,1-3H3;1-5,8-12,16-19H,6H2/t2*27-,33-,34+,35-,36-;8-,9-,10+,11-,12-/m111/s1. The first kappa shape index (κ1) is 78.7. The molecule has 0 spiro atoms. The maximum atomic E-state index is 17.0. The molecule has 0 radical (unpaired) electrons. The molecule has 3 fully saturated rings. The number of ether oxygens (including phenoxy) is 7. The van der Waals surface area contributed by atoms with Crippen molar-refractivity contribution in [3.05, 3.63) is 321 Å². The molecule has 0 bridgehead atoms. The molecule has 0 aromatic heterocycles. The summed E-state index contributed by atoms with van der Waals surface area (Å²) in [6.45, 7) is 12.2. The molecule has 15 atom stereocenters. The van der Waals surface area contributed by atoms with Gasteiger partial charge in [-0.2, -0.15) is 26.3 Å². The van der Waals surface area contributed by atoms with Gasteiger partial charge in [-0.05, 0) is 84.0 Å². The summed E-state index contributed by atoms with van der Waals surface area (Å²) in [7, 11) is 0. The third-order valence-corrected chi connectivity index (χ3v) is 19.9. The normalized spacial score (nSPS) is 25.0. The van der Waals surface area contributed by atoms with Crippen molar-refractivity contribution in [2.75, 3.05) is 6.61 Å². The summed E-state index contributed by atoms with van der Waals surface area (Å²) >= 11 is 0. The largest absolute Gasteiger partial charge is 0.394 e. The van der Waals surface area contributed by atoms with Crippen LogP contribution >= 0.6 is 0 Å². The van der Waals surface area contributed by atoms with Gasteiger partial charge in [0, 0.05) is 28.5 Å². The number of alkyl halides is 6. The number of benzene rings is 9. The van der Waals surface area contributed by atoms with Crippen LogP contribution in [0, 0.1) is 25.7 Å². The molecule has 0 amide bonds. The van der Waals surface area contributed by atoms with Crippen LogP contribution in [0.3, 0.4) is 0 Å². The molecular formula is C87H96F6O11. The minimum absolute atomic E-state index is 0.0323. The maximum absolute atomic E-state index is 17.0. The van der Waals surface area contributed by atoms with Crippen LogP contribution in [0.4, 0.5) is 26.3 Å².